The van der Waals surface area contributed by atoms with E-state index in [4.69, 9.17) is 11.5 Å². The Balaban J connectivity index is 3.20. The molecule has 1 aliphatic carbocycles. The van der Waals surface area contributed by atoms with Crippen LogP contribution in [0, 0.1) is 28.4 Å². The van der Waals surface area contributed by atoms with Gasteiger partial charge in [-0.25, -0.2) is 0 Å². The van der Waals surface area contributed by atoms with E-state index in [1.807, 2.05) is 0 Å². The Kier molecular flexibility index (Phi) is 2.90. The van der Waals surface area contributed by atoms with E-state index in [-0.39, 0.29) is 6.42 Å². The summed E-state index contributed by atoms with van der Waals surface area (Å²) in [5, 5.41) is 19.8. The van der Waals surface area contributed by atoms with Gasteiger partial charge in [-0.05, 0) is 6.08 Å². The summed E-state index contributed by atoms with van der Waals surface area (Å²) in [5.74, 6) is -0.308. The molecule has 0 radical (unpaired) electrons. The van der Waals surface area contributed by atoms with Crippen LogP contribution in [-0.2, 0) is 4.79 Å². The zero-order chi connectivity index (χ0) is 11.5. The van der Waals surface area contributed by atoms with E-state index in [1.165, 1.54) is 24.3 Å². The van der Waals surface area contributed by atoms with E-state index in [1.54, 1.807) is 0 Å². The van der Waals surface area contributed by atoms with E-state index >= 15 is 0 Å². The lowest BCUT2D eigenvalue weighted by atomic mass is 9.79. The fraction of sp³-hybridized carbons (Fsp3) is 0.300. The number of carboxylic acid groups (broad SMARTS) is 1. The minimum Gasteiger partial charge on any atom is -0.481 e. The van der Waals surface area contributed by atoms with Crippen molar-refractivity contribution in [1.29, 1.82) is 0 Å². The molecule has 0 spiro atoms. The lowest BCUT2D eigenvalue weighted by Crippen LogP contribution is -2.47. The molecule has 0 saturated heterocycles. The average Bonchev–Trinajstić information content (AvgIpc) is 2.18. The normalized spacial score (nSPS) is 28.3. The van der Waals surface area contributed by atoms with E-state index < -0.39 is 22.3 Å². The third-order valence-corrected chi connectivity index (χ3v) is 2.33. The van der Waals surface area contributed by atoms with Gasteiger partial charge < -0.3 is 5.11 Å². The molecule has 0 aromatic rings. The fourth-order valence-corrected chi connectivity index (χ4v) is 1.54. The summed E-state index contributed by atoms with van der Waals surface area (Å²) in [6.07, 6.45) is 10.2. The van der Waals surface area contributed by atoms with E-state index in [0.717, 1.165) is 0 Å². The third kappa shape index (κ3) is 1.74. The van der Waals surface area contributed by atoms with Gasteiger partial charge in [0.05, 0.1) is 6.42 Å². The summed E-state index contributed by atoms with van der Waals surface area (Å²) in [4.78, 5) is 21.2. The number of carbonyl (C=O) groups is 1. The second-order valence-corrected chi connectivity index (χ2v) is 3.19. The Morgan fingerprint density at radius 1 is 1.67 bits per heavy atom. The minimum absolute atomic E-state index is 0.238. The minimum atomic E-state index is -1.71. The highest BCUT2D eigenvalue weighted by Crippen LogP contribution is 2.31. The maximum atomic E-state index is 10.9. The van der Waals surface area contributed by atoms with Gasteiger partial charge in [-0.15, -0.1) is 6.42 Å². The van der Waals surface area contributed by atoms with E-state index in [0.29, 0.717) is 0 Å². The SMILES string of the molecule is C#CCC1([N+](=O)[O-])C=CC=CC1C(=O)O. The van der Waals surface area contributed by atoms with Gasteiger partial charge in [-0.3, -0.25) is 14.9 Å². The van der Waals surface area contributed by atoms with Crippen LogP contribution in [0.15, 0.2) is 24.3 Å². The molecule has 5 nitrogen and oxygen atoms in total. The highest BCUT2D eigenvalue weighted by atomic mass is 16.6. The summed E-state index contributed by atoms with van der Waals surface area (Å²) in [7, 11) is 0. The van der Waals surface area contributed by atoms with Crippen molar-refractivity contribution in [2.75, 3.05) is 0 Å². The summed E-state index contributed by atoms with van der Waals surface area (Å²) in [6.45, 7) is 0. The van der Waals surface area contributed by atoms with Crippen molar-refractivity contribution in [3.05, 3.63) is 34.4 Å². The largest absolute Gasteiger partial charge is 0.481 e. The Morgan fingerprint density at radius 3 is 2.80 bits per heavy atom. The first-order valence-corrected chi connectivity index (χ1v) is 4.21. The number of carboxylic acids is 1. The van der Waals surface area contributed by atoms with Gasteiger partial charge >= 0.3 is 5.97 Å². The first kappa shape index (κ1) is 11.0. The Morgan fingerprint density at radius 2 is 2.33 bits per heavy atom. The van der Waals surface area contributed by atoms with Crippen molar-refractivity contribution in [2.45, 2.75) is 12.0 Å². The molecule has 0 aromatic heterocycles. The standard InChI is InChI=1S/C10H9NO4/c1-2-6-10(11(14)15)7-4-3-5-8(10)9(12)13/h1,3-5,7-8H,6H2,(H,12,13). The van der Waals surface area contributed by atoms with E-state index in [2.05, 4.69) is 5.92 Å². The molecule has 0 aliphatic heterocycles. The maximum absolute atomic E-state index is 10.9. The van der Waals surface area contributed by atoms with Crippen molar-refractivity contribution in [3.8, 4) is 12.3 Å². The molecule has 0 saturated carbocycles. The van der Waals surface area contributed by atoms with Crippen LogP contribution in [0.2, 0.25) is 0 Å². The van der Waals surface area contributed by atoms with Crippen LogP contribution in [-0.4, -0.2) is 21.5 Å². The molecule has 15 heavy (non-hydrogen) atoms. The third-order valence-electron chi connectivity index (χ3n) is 2.33. The Bertz CT molecular complexity index is 391. The van der Waals surface area contributed by atoms with Gasteiger partial charge in [-0.1, -0.05) is 24.1 Å². The molecule has 0 bridgehead atoms. The average molecular weight is 207 g/mol. The molecule has 2 atom stereocenters. The lowest BCUT2D eigenvalue weighted by Gasteiger charge is -2.25. The van der Waals surface area contributed by atoms with Gasteiger partial charge in [0.1, 0.15) is 5.92 Å². The smallest absolute Gasteiger partial charge is 0.318 e. The predicted octanol–water partition coefficient (Wildman–Crippen LogP) is 0.852. The first-order valence-electron chi connectivity index (χ1n) is 4.21. The predicted molar refractivity (Wildman–Crippen MR) is 52.6 cm³/mol. The van der Waals surface area contributed by atoms with Gasteiger partial charge in [0.25, 0.3) is 5.54 Å². The van der Waals surface area contributed by atoms with Gasteiger partial charge in [0, 0.05) is 4.92 Å². The lowest BCUT2D eigenvalue weighted by molar-refractivity contribution is -0.559. The molecule has 1 aliphatic rings. The summed E-state index contributed by atoms with van der Waals surface area (Å²) in [5.41, 5.74) is -1.71. The highest BCUT2D eigenvalue weighted by molar-refractivity contribution is 5.75. The monoisotopic (exact) mass is 207 g/mol. The van der Waals surface area contributed by atoms with Crippen molar-refractivity contribution in [1.82, 2.24) is 0 Å². The van der Waals surface area contributed by atoms with Crippen LogP contribution >= 0.6 is 0 Å². The van der Waals surface area contributed by atoms with Gasteiger partial charge in [0.2, 0.25) is 0 Å². The summed E-state index contributed by atoms with van der Waals surface area (Å²) < 4.78 is 0. The van der Waals surface area contributed by atoms with Crippen LogP contribution in [0.3, 0.4) is 0 Å². The molecule has 5 heteroatoms. The molecular formula is C10H9NO4. The summed E-state index contributed by atoms with van der Waals surface area (Å²) >= 11 is 0. The second kappa shape index (κ2) is 3.96. The maximum Gasteiger partial charge on any atom is 0.318 e. The molecule has 2 unspecified atom stereocenters. The van der Waals surface area contributed by atoms with Crippen LogP contribution in [0.25, 0.3) is 0 Å². The number of hydrogen-bond donors (Lipinski definition) is 1. The number of hydrogen-bond acceptors (Lipinski definition) is 3. The van der Waals surface area contributed by atoms with Crippen LogP contribution in [0.4, 0.5) is 0 Å². The molecule has 78 valence electrons. The second-order valence-electron chi connectivity index (χ2n) is 3.19. The van der Waals surface area contributed by atoms with Gasteiger partial charge in [0.15, 0.2) is 0 Å². The molecular weight excluding hydrogens is 198 g/mol. The zero-order valence-corrected chi connectivity index (χ0v) is 7.79. The van der Waals surface area contributed by atoms with Crippen molar-refractivity contribution < 1.29 is 14.8 Å². The number of allylic oxidation sites excluding steroid dienone is 2. The molecule has 0 fully saturated rings. The van der Waals surface area contributed by atoms with Crippen molar-refractivity contribution >= 4 is 5.97 Å². The van der Waals surface area contributed by atoms with Crippen molar-refractivity contribution in [3.63, 3.8) is 0 Å². The fourth-order valence-electron chi connectivity index (χ4n) is 1.54. The molecule has 1 N–H and O–H groups in total. The zero-order valence-electron chi connectivity index (χ0n) is 7.79. The summed E-state index contributed by atoms with van der Waals surface area (Å²) in [6, 6.07) is 0. The number of rotatable bonds is 3. The number of terminal acetylenes is 1. The first-order chi connectivity index (χ1) is 7.04. The van der Waals surface area contributed by atoms with Crippen molar-refractivity contribution in [2.24, 2.45) is 5.92 Å². The van der Waals surface area contributed by atoms with Gasteiger partial charge in [-0.2, -0.15) is 0 Å². The molecule has 1 rings (SSSR count). The quantitative estimate of drug-likeness (QED) is 0.422. The number of nitro groups is 1. The number of nitrogens with zero attached hydrogens (tertiary/aromatic N) is 1. The Labute approximate surface area is 86.2 Å². The van der Waals surface area contributed by atoms with Crippen LogP contribution in [0.5, 0.6) is 0 Å². The molecule has 0 heterocycles. The van der Waals surface area contributed by atoms with Crippen LogP contribution < -0.4 is 0 Å². The molecule has 0 aromatic carbocycles. The number of aliphatic carboxylic acids is 1. The Hall–Kier alpha value is -2.09. The topological polar surface area (TPSA) is 80.4 Å². The highest BCUT2D eigenvalue weighted by Gasteiger charge is 2.51. The van der Waals surface area contributed by atoms with Crippen LogP contribution in [0.1, 0.15) is 6.42 Å². The van der Waals surface area contributed by atoms with E-state index in [9.17, 15) is 14.9 Å². The molecule has 0 amide bonds.